The minimum absolute atomic E-state index is 0.0448. The van der Waals surface area contributed by atoms with Gasteiger partial charge in [0, 0.05) is 50.6 Å². The van der Waals surface area contributed by atoms with Gasteiger partial charge in [0.25, 0.3) is 0 Å². The number of hydrogen-bond donors (Lipinski definition) is 0. The van der Waals surface area contributed by atoms with E-state index >= 15 is 0 Å². The first-order valence-electron chi connectivity index (χ1n) is 11.0. The number of carbonyl (C=O) groups excluding carboxylic acids is 2. The van der Waals surface area contributed by atoms with Gasteiger partial charge in [-0.15, -0.1) is 0 Å². The molecule has 2 aromatic heterocycles. The van der Waals surface area contributed by atoms with Crippen LogP contribution in [0.3, 0.4) is 0 Å². The fourth-order valence-electron chi connectivity index (χ4n) is 3.94. The van der Waals surface area contributed by atoms with Crippen LogP contribution in [0.2, 0.25) is 0 Å². The van der Waals surface area contributed by atoms with E-state index in [4.69, 9.17) is 9.26 Å². The van der Waals surface area contributed by atoms with E-state index in [2.05, 4.69) is 10.1 Å². The first-order valence-corrected chi connectivity index (χ1v) is 11.0. The molecule has 2 aromatic rings. The zero-order valence-corrected chi connectivity index (χ0v) is 18.2. The van der Waals surface area contributed by atoms with Crippen molar-refractivity contribution < 1.29 is 18.8 Å². The second-order valence-corrected chi connectivity index (χ2v) is 8.61. The summed E-state index contributed by atoms with van der Waals surface area (Å²) in [4.78, 5) is 33.6. The molecule has 1 aliphatic heterocycles. The van der Waals surface area contributed by atoms with Crippen molar-refractivity contribution in [2.75, 3.05) is 26.2 Å². The van der Waals surface area contributed by atoms with Gasteiger partial charge in [0.15, 0.2) is 0 Å². The van der Waals surface area contributed by atoms with Gasteiger partial charge in [-0.3, -0.25) is 14.6 Å². The SMILES string of the molecule is Cc1noc(C)c1CCC(=O)N1CC(=O)N(Cc2cccnc2)C[C@H](OCC2CC2)C1. The molecule has 2 fully saturated rings. The van der Waals surface area contributed by atoms with Crippen LogP contribution in [0.5, 0.6) is 0 Å². The molecule has 166 valence electrons. The Balaban J connectivity index is 1.43. The molecule has 1 atom stereocenters. The molecule has 0 aromatic carbocycles. The molecule has 31 heavy (non-hydrogen) atoms. The number of amides is 2. The van der Waals surface area contributed by atoms with Gasteiger partial charge in [0.1, 0.15) is 5.76 Å². The number of rotatable bonds is 8. The van der Waals surface area contributed by atoms with Crippen LogP contribution < -0.4 is 0 Å². The van der Waals surface area contributed by atoms with Gasteiger partial charge in [0.2, 0.25) is 11.8 Å². The second kappa shape index (κ2) is 9.60. The van der Waals surface area contributed by atoms with Gasteiger partial charge in [-0.2, -0.15) is 0 Å². The minimum Gasteiger partial charge on any atom is -0.374 e. The molecule has 0 unspecified atom stereocenters. The number of ether oxygens (including phenoxy) is 1. The van der Waals surface area contributed by atoms with E-state index < -0.39 is 0 Å². The van der Waals surface area contributed by atoms with E-state index in [1.54, 1.807) is 22.2 Å². The average molecular weight is 427 g/mol. The smallest absolute Gasteiger partial charge is 0.242 e. The number of pyridine rings is 1. The van der Waals surface area contributed by atoms with Crippen molar-refractivity contribution in [1.29, 1.82) is 0 Å². The van der Waals surface area contributed by atoms with Gasteiger partial charge in [-0.05, 0) is 50.7 Å². The molecule has 3 heterocycles. The van der Waals surface area contributed by atoms with Crippen LogP contribution >= 0.6 is 0 Å². The van der Waals surface area contributed by atoms with E-state index in [-0.39, 0.29) is 24.5 Å². The molecule has 0 N–H and O–H groups in total. The third-order valence-corrected chi connectivity index (χ3v) is 6.01. The van der Waals surface area contributed by atoms with Crippen molar-refractivity contribution >= 4 is 11.8 Å². The highest BCUT2D eigenvalue weighted by Crippen LogP contribution is 2.29. The average Bonchev–Trinajstić information content (AvgIpc) is 3.55. The third kappa shape index (κ3) is 5.70. The van der Waals surface area contributed by atoms with Gasteiger partial charge in [-0.1, -0.05) is 11.2 Å². The lowest BCUT2D eigenvalue weighted by molar-refractivity contribution is -0.139. The van der Waals surface area contributed by atoms with E-state index in [0.29, 0.717) is 45.0 Å². The highest BCUT2D eigenvalue weighted by atomic mass is 16.5. The highest BCUT2D eigenvalue weighted by molar-refractivity contribution is 5.85. The number of hydrogen-bond acceptors (Lipinski definition) is 6. The fourth-order valence-corrected chi connectivity index (χ4v) is 3.94. The summed E-state index contributed by atoms with van der Waals surface area (Å²) in [6.07, 6.45) is 6.56. The summed E-state index contributed by atoms with van der Waals surface area (Å²) < 4.78 is 11.3. The fraction of sp³-hybridized carbons (Fsp3) is 0.565. The summed E-state index contributed by atoms with van der Waals surface area (Å²) in [5.41, 5.74) is 2.75. The van der Waals surface area contributed by atoms with E-state index in [9.17, 15) is 9.59 Å². The molecular weight excluding hydrogens is 396 g/mol. The van der Waals surface area contributed by atoms with Gasteiger partial charge in [-0.25, -0.2) is 0 Å². The minimum atomic E-state index is -0.188. The summed E-state index contributed by atoms with van der Waals surface area (Å²) in [6.45, 7) is 5.88. The largest absolute Gasteiger partial charge is 0.374 e. The molecular formula is C23H30N4O4. The number of nitrogens with zero attached hydrogens (tertiary/aromatic N) is 4. The Hall–Kier alpha value is -2.74. The van der Waals surface area contributed by atoms with Crippen LogP contribution in [0.25, 0.3) is 0 Å². The van der Waals surface area contributed by atoms with Gasteiger partial charge >= 0.3 is 0 Å². The third-order valence-electron chi connectivity index (χ3n) is 6.01. The summed E-state index contributed by atoms with van der Waals surface area (Å²) >= 11 is 0. The zero-order valence-electron chi connectivity index (χ0n) is 18.2. The standard InChI is InChI=1S/C23H30N4O4/c1-16-21(17(2)31-25-16)7-8-22(28)27-13-20(30-15-18-5-6-18)12-26(23(29)14-27)11-19-4-3-9-24-10-19/h3-4,9-10,18,20H,5-8,11-15H2,1-2H3/t20-/m0/s1. The number of carbonyl (C=O) groups is 2. The Bertz CT molecular complexity index is 890. The first-order chi connectivity index (χ1) is 15.0. The van der Waals surface area contributed by atoms with Crippen molar-refractivity contribution in [1.82, 2.24) is 19.9 Å². The van der Waals surface area contributed by atoms with Crippen LogP contribution in [-0.4, -0.2) is 64.1 Å². The van der Waals surface area contributed by atoms with Crippen LogP contribution in [-0.2, 0) is 27.3 Å². The Kier molecular flexibility index (Phi) is 6.65. The quantitative estimate of drug-likeness (QED) is 0.644. The first kappa shape index (κ1) is 21.5. The summed E-state index contributed by atoms with van der Waals surface area (Å²) in [5, 5.41) is 3.96. The van der Waals surface area contributed by atoms with Crippen LogP contribution in [0, 0.1) is 19.8 Å². The molecule has 1 saturated heterocycles. The molecule has 4 rings (SSSR count). The predicted octanol–water partition coefficient (Wildman–Crippen LogP) is 2.29. The van der Waals surface area contributed by atoms with Crippen molar-refractivity contribution in [3.63, 3.8) is 0 Å². The van der Waals surface area contributed by atoms with E-state index in [1.165, 1.54) is 12.8 Å². The second-order valence-electron chi connectivity index (χ2n) is 8.61. The predicted molar refractivity (Wildman–Crippen MR) is 113 cm³/mol. The Morgan fingerprint density at radius 3 is 2.81 bits per heavy atom. The van der Waals surface area contributed by atoms with E-state index in [0.717, 1.165) is 22.6 Å². The van der Waals surface area contributed by atoms with Crippen molar-refractivity contribution in [3.8, 4) is 0 Å². The molecule has 0 spiro atoms. The Morgan fingerprint density at radius 1 is 1.29 bits per heavy atom. The molecule has 1 aliphatic carbocycles. The van der Waals surface area contributed by atoms with Crippen LogP contribution in [0.4, 0.5) is 0 Å². The molecule has 8 nitrogen and oxygen atoms in total. The topological polar surface area (TPSA) is 88.8 Å². The van der Waals surface area contributed by atoms with Gasteiger partial charge < -0.3 is 19.1 Å². The van der Waals surface area contributed by atoms with Crippen molar-refractivity contribution in [2.45, 2.75) is 52.2 Å². The molecule has 2 amide bonds. The summed E-state index contributed by atoms with van der Waals surface area (Å²) in [6, 6.07) is 3.82. The van der Waals surface area contributed by atoms with Crippen LogP contribution in [0.15, 0.2) is 29.0 Å². The zero-order chi connectivity index (χ0) is 21.8. The highest BCUT2D eigenvalue weighted by Gasteiger charge is 2.32. The van der Waals surface area contributed by atoms with Crippen molar-refractivity contribution in [3.05, 3.63) is 47.1 Å². The van der Waals surface area contributed by atoms with E-state index in [1.807, 2.05) is 26.0 Å². The maximum Gasteiger partial charge on any atom is 0.242 e. The normalized spacial score (nSPS) is 19.5. The lowest BCUT2D eigenvalue weighted by Crippen LogP contribution is -2.40. The number of aryl methyl sites for hydroxylation is 2. The Morgan fingerprint density at radius 2 is 2.13 bits per heavy atom. The summed E-state index contributed by atoms with van der Waals surface area (Å²) in [5.74, 6) is 1.25. The maximum atomic E-state index is 13.0. The van der Waals surface area contributed by atoms with Gasteiger partial charge in [0.05, 0.1) is 18.3 Å². The summed E-state index contributed by atoms with van der Waals surface area (Å²) in [7, 11) is 0. The Labute approximate surface area is 182 Å². The number of aromatic nitrogens is 2. The molecule has 2 aliphatic rings. The lowest BCUT2D eigenvalue weighted by Gasteiger charge is -2.25. The maximum absolute atomic E-state index is 13.0. The van der Waals surface area contributed by atoms with Crippen molar-refractivity contribution in [2.24, 2.45) is 5.92 Å². The lowest BCUT2D eigenvalue weighted by atomic mass is 10.1. The van der Waals surface area contributed by atoms with Crippen LogP contribution in [0.1, 0.15) is 41.8 Å². The molecule has 0 radical (unpaired) electrons. The molecule has 8 heteroatoms. The molecule has 0 bridgehead atoms. The molecule has 1 saturated carbocycles. The monoisotopic (exact) mass is 426 g/mol.